The molecule has 21 heavy (non-hydrogen) atoms. The largest absolute Gasteiger partial charge is 0.573 e. The highest BCUT2D eigenvalue weighted by molar-refractivity contribution is 5.34. The standard InChI is InChI=1S/C15H20F3NO2/c1-19-10-14(9-3-2-4-13(14)20)11-5-7-12(8-6-11)21-15(16,17)18/h5-8,13,19-20H,2-4,9-10H2,1H3/t13-,14?/m0/s1. The highest BCUT2D eigenvalue weighted by Gasteiger charge is 2.41. The molecule has 1 fully saturated rings. The molecule has 0 aliphatic heterocycles. The Bertz CT molecular complexity index is 457. The van der Waals surface area contributed by atoms with Crippen LogP contribution in [0, 0.1) is 0 Å². The van der Waals surface area contributed by atoms with E-state index in [4.69, 9.17) is 0 Å². The SMILES string of the molecule is CNCC1(c2ccc(OC(F)(F)F)cc2)CCCC[C@@H]1O. The summed E-state index contributed by atoms with van der Waals surface area (Å²) in [5, 5.41) is 13.5. The van der Waals surface area contributed by atoms with Crippen LogP contribution < -0.4 is 10.1 Å². The van der Waals surface area contributed by atoms with Crippen molar-refractivity contribution in [1.82, 2.24) is 5.32 Å². The lowest BCUT2D eigenvalue weighted by atomic mass is 9.67. The molecule has 2 atom stereocenters. The normalized spacial score (nSPS) is 26.6. The molecule has 0 spiro atoms. The van der Waals surface area contributed by atoms with Crippen LogP contribution in [0.5, 0.6) is 5.75 Å². The van der Waals surface area contributed by atoms with Crippen molar-refractivity contribution >= 4 is 0 Å². The number of hydrogen-bond acceptors (Lipinski definition) is 3. The molecule has 1 saturated carbocycles. The summed E-state index contributed by atoms with van der Waals surface area (Å²) in [4.78, 5) is 0. The van der Waals surface area contributed by atoms with Crippen molar-refractivity contribution in [1.29, 1.82) is 0 Å². The zero-order chi connectivity index (χ0) is 15.5. The summed E-state index contributed by atoms with van der Waals surface area (Å²) in [6.07, 6.45) is -1.68. The van der Waals surface area contributed by atoms with Crippen LogP contribution in [0.4, 0.5) is 13.2 Å². The number of benzene rings is 1. The van der Waals surface area contributed by atoms with E-state index in [0.29, 0.717) is 13.0 Å². The molecule has 0 bridgehead atoms. The lowest BCUT2D eigenvalue weighted by Crippen LogP contribution is -2.48. The molecule has 2 N–H and O–H groups in total. The van der Waals surface area contributed by atoms with Crippen LogP contribution in [0.25, 0.3) is 0 Å². The summed E-state index contributed by atoms with van der Waals surface area (Å²) in [6, 6.07) is 5.85. The maximum atomic E-state index is 12.2. The maximum Gasteiger partial charge on any atom is 0.573 e. The molecule has 1 aliphatic rings. The fourth-order valence-corrected chi connectivity index (χ4v) is 3.17. The van der Waals surface area contributed by atoms with Crippen molar-refractivity contribution in [3.63, 3.8) is 0 Å². The first-order valence-corrected chi connectivity index (χ1v) is 7.06. The maximum absolute atomic E-state index is 12.2. The zero-order valence-corrected chi connectivity index (χ0v) is 11.9. The van der Waals surface area contributed by atoms with Gasteiger partial charge in [-0.1, -0.05) is 25.0 Å². The van der Waals surface area contributed by atoms with Gasteiger partial charge in [0.1, 0.15) is 5.75 Å². The Labute approximate surface area is 122 Å². The molecule has 0 amide bonds. The fraction of sp³-hybridized carbons (Fsp3) is 0.600. The number of likely N-dealkylation sites (N-methyl/N-ethyl adjacent to an activating group) is 1. The van der Waals surface area contributed by atoms with Gasteiger partial charge in [0.25, 0.3) is 0 Å². The monoisotopic (exact) mass is 303 g/mol. The third kappa shape index (κ3) is 3.68. The van der Waals surface area contributed by atoms with Gasteiger partial charge in [-0.2, -0.15) is 0 Å². The van der Waals surface area contributed by atoms with Crippen LogP contribution in [-0.4, -0.2) is 31.2 Å². The Balaban J connectivity index is 2.25. The third-order valence-electron chi connectivity index (χ3n) is 4.14. The summed E-state index contributed by atoms with van der Waals surface area (Å²) in [5.74, 6) is -0.240. The number of aliphatic hydroxyl groups is 1. The minimum atomic E-state index is -4.69. The number of rotatable bonds is 4. The fourth-order valence-electron chi connectivity index (χ4n) is 3.17. The molecular formula is C15H20F3NO2. The predicted octanol–water partition coefficient (Wildman–Crippen LogP) is 2.98. The molecule has 0 aromatic heterocycles. The molecule has 1 unspecified atom stereocenters. The van der Waals surface area contributed by atoms with Crippen molar-refractivity contribution in [3.05, 3.63) is 29.8 Å². The van der Waals surface area contributed by atoms with Crippen LogP contribution in [0.3, 0.4) is 0 Å². The highest BCUT2D eigenvalue weighted by Crippen LogP contribution is 2.40. The van der Waals surface area contributed by atoms with E-state index in [0.717, 1.165) is 24.8 Å². The minimum absolute atomic E-state index is 0.240. The number of aliphatic hydroxyl groups excluding tert-OH is 1. The second-order valence-electron chi connectivity index (χ2n) is 5.52. The summed E-state index contributed by atoms with van der Waals surface area (Å²) in [6.45, 7) is 0.591. The predicted molar refractivity (Wildman–Crippen MR) is 73.2 cm³/mol. The summed E-state index contributed by atoms with van der Waals surface area (Å²) >= 11 is 0. The number of halogens is 3. The number of hydrogen-bond donors (Lipinski definition) is 2. The second-order valence-corrected chi connectivity index (χ2v) is 5.52. The Kier molecular flexibility index (Phi) is 4.78. The number of ether oxygens (including phenoxy) is 1. The zero-order valence-electron chi connectivity index (χ0n) is 11.9. The van der Waals surface area contributed by atoms with Gasteiger partial charge in [-0.05, 0) is 37.6 Å². The van der Waals surface area contributed by atoms with E-state index in [1.807, 2.05) is 7.05 Å². The Morgan fingerprint density at radius 3 is 2.48 bits per heavy atom. The van der Waals surface area contributed by atoms with Crippen molar-refractivity contribution in [3.8, 4) is 5.75 Å². The molecule has 0 saturated heterocycles. The molecule has 1 aliphatic carbocycles. The van der Waals surface area contributed by atoms with Crippen molar-refractivity contribution < 1.29 is 23.0 Å². The van der Waals surface area contributed by atoms with Crippen molar-refractivity contribution in [2.75, 3.05) is 13.6 Å². The van der Waals surface area contributed by atoms with Gasteiger partial charge >= 0.3 is 6.36 Å². The smallest absolute Gasteiger partial charge is 0.406 e. The lowest BCUT2D eigenvalue weighted by Gasteiger charge is -2.42. The minimum Gasteiger partial charge on any atom is -0.406 e. The highest BCUT2D eigenvalue weighted by atomic mass is 19.4. The number of alkyl halides is 3. The van der Waals surface area contributed by atoms with E-state index in [2.05, 4.69) is 10.1 Å². The quantitative estimate of drug-likeness (QED) is 0.898. The Hall–Kier alpha value is -1.27. The first-order valence-electron chi connectivity index (χ1n) is 7.06. The summed E-state index contributed by atoms with van der Waals surface area (Å²) < 4.78 is 40.4. The average Bonchev–Trinajstić information content (AvgIpc) is 2.41. The van der Waals surface area contributed by atoms with E-state index < -0.39 is 17.9 Å². The van der Waals surface area contributed by atoms with Crippen LogP contribution in [0.2, 0.25) is 0 Å². The van der Waals surface area contributed by atoms with Gasteiger partial charge < -0.3 is 15.2 Å². The Morgan fingerprint density at radius 2 is 1.95 bits per heavy atom. The topological polar surface area (TPSA) is 41.5 Å². The Morgan fingerprint density at radius 1 is 1.29 bits per heavy atom. The van der Waals surface area contributed by atoms with Gasteiger partial charge in [-0.25, -0.2) is 0 Å². The molecule has 3 nitrogen and oxygen atoms in total. The van der Waals surface area contributed by atoms with E-state index in [-0.39, 0.29) is 5.75 Å². The second kappa shape index (κ2) is 6.23. The summed E-state index contributed by atoms with van der Waals surface area (Å²) in [7, 11) is 1.81. The molecule has 0 heterocycles. The number of nitrogens with one attached hydrogen (secondary N) is 1. The van der Waals surface area contributed by atoms with Crippen molar-refractivity contribution in [2.24, 2.45) is 0 Å². The first kappa shape index (κ1) is 16.1. The third-order valence-corrected chi connectivity index (χ3v) is 4.14. The molecule has 1 aromatic rings. The van der Waals surface area contributed by atoms with Crippen molar-refractivity contribution in [2.45, 2.75) is 43.6 Å². The van der Waals surface area contributed by atoms with Gasteiger partial charge in [0.2, 0.25) is 0 Å². The average molecular weight is 303 g/mol. The van der Waals surface area contributed by atoms with E-state index in [9.17, 15) is 18.3 Å². The van der Waals surface area contributed by atoms with Gasteiger partial charge in [0, 0.05) is 12.0 Å². The van der Waals surface area contributed by atoms with E-state index in [1.54, 1.807) is 12.1 Å². The first-order chi connectivity index (χ1) is 9.87. The van der Waals surface area contributed by atoms with Gasteiger partial charge in [0.05, 0.1) is 6.10 Å². The summed E-state index contributed by atoms with van der Waals surface area (Å²) in [5.41, 5.74) is 0.405. The van der Waals surface area contributed by atoms with Crippen LogP contribution in [0.15, 0.2) is 24.3 Å². The molecule has 1 aromatic carbocycles. The van der Waals surface area contributed by atoms with E-state index >= 15 is 0 Å². The van der Waals surface area contributed by atoms with Gasteiger partial charge in [-0.15, -0.1) is 13.2 Å². The molecule has 6 heteroatoms. The van der Waals surface area contributed by atoms with Crippen LogP contribution in [0.1, 0.15) is 31.2 Å². The molecule has 0 radical (unpaired) electrons. The van der Waals surface area contributed by atoms with E-state index in [1.165, 1.54) is 12.1 Å². The van der Waals surface area contributed by atoms with Gasteiger partial charge in [-0.3, -0.25) is 0 Å². The van der Waals surface area contributed by atoms with Crippen LogP contribution in [-0.2, 0) is 5.41 Å². The lowest BCUT2D eigenvalue weighted by molar-refractivity contribution is -0.274. The molecular weight excluding hydrogens is 283 g/mol. The molecule has 118 valence electrons. The van der Waals surface area contributed by atoms with Crippen LogP contribution >= 0.6 is 0 Å². The van der Waals surface area contributed by atoms with Gasteiger partial charge in [0.15, 0.2) is 0 Å². The molecule has 2 rings (SSSR count).